The highest BCUT2D eigenvalue weighted by Gasteiger charge is 2.28. The Labute approximate surface area is 198 Å². The van der Waals surface area contributed by atoms with Gasteiger partial charge in [-0.15, -0.1) is 0 Å². The summed E-state index contributed by atoms with van der Waals surface area (Å²) in [6.07, 6.45) is 7.70. The standard InChI is InChI=1S/C26H36N2O4S/c1-3-22-10-7-8-13-25(22)28(33(30,31)24-16-14-21(2)15-17-24)20-26(29)27-18-9-19-32-23-11-5-4-6-12-23/h7-8,10,13-17,23H,3-6,9,11-12,18-20H2,1-2H3,(H,27,29). The van der Waals surface area contributed by atoms with Crippen molar-refractivity contribution in [1.82, 2.24) is 5.32 Å². The fourth-order valence-electron chi connectivity index (χ4n) is 4.16. The molecule has 3 rings (SSSR count). The summed E-state index contributed by atoms with van der Waals surface area (Å²) in [4.78, 5) is 12.9. The average molecular weight is 473 g/mol. The van der Waals surface area contributed by atoms with Crippen LogP contribution in [0.1, 0.15) is 56.6 Å². The summed E-state index contributed by atoms with van der Waals surface area (Å²) < 4.78 is 34.2. The number of amides is 1. The third-order valence-corrected chi connectivity index (χ3v) is 7.86. The van der Waals surface area contributed by atoms with Crippen molar-refractivity contribution in [2.24, 2.45) is 0 Å². The van der Waals surface area contributed by atoms with Gasteiger partial charge >= 0.3 is 0 Å². The van der Waals surface area contributed by atoms with E-state index in [4.69, 9.17) is 4.74 Å². The van der Waals surface area contributed by atoms with Crippen molar-refractivity contribution in [3.05, 3.63) is 59.7 Å². The lowest BCUT2D eigenvalue weighted by atomic mass is 9.98. The number of nitrogens with zero attached hydrogens (tertiary/aromatic N) is 1. The molecule has 0 aliphatic heterocycles. The van der Waals surface area contributed by atoms with E-state index in [2.05, 4.69) is 5.32 Å². The van der Waals surface area contributed by atoms with E-state index in [0.717, 1.165) is 24.0 Å². The van der Waals surface area contributed by atoms with Gasteiger partial charge in [0.05, 0.1) is 16.7 Å². The van der Waals surface area contributed by atoms with Gasteiger partial charge in [-0.2, -0.15) is 0 Å². The van der Waals surface area contributed by atoms with E-state index in [1.807, 2.05) is 26.0 Å². The number of carbonyl (C=O) groups is 1. The minimum atomic E-state index is -3.90. The molecular weight excluding hydrogens is 436 g/mol. The zero-order valence-corrected chi connectivity index (χ0v) is 20.6. The molecule has 0 unspecified atom stereocenters. The van der Waals surface area contributed by atoms with Gasteiger partial charge in [-0.05, 0) is 56.4 Å². The van der Waals surface area contributed by atoms with Crippen molar-refractivity contribution >= 4 is 21.6 Å². The third kappa shape index (κ3) is 7.05. The van der Waals surface area contributed by atoms with Crippen LogP contribution in [0.15, 0.2) is 53.4 Å². The molecule has 1 fully saturated rings. The highest BCUT2D eigenvalue weighted by atomic mass is 32.2. The molecule has 180 valence electrons. The molecule has 2 aromatic carbocycles. The van der Waals surface area contributed by atoms with Crippen LogP contribution in [0.2, 0.25) is 0 Å². The second-order valence-corrected chi connectivity index (χ2v) is 10.5. The lowest BCUT2D eigenvalue weighted by Gasteiger charge is -2.26. The van der Waals surface area contributed by atoms with Crippen LogP contribution in [0.4, 0.5) is 5.69 Å². The number of sulfonamides is 1. The summed E-state index contributed by atoms with van der Waals surface area (Å²) in [5.74, 6) is -0.325. The smallest absolute Gasteiger partial charge is 0.264 e. The van der Waals surface area contributed by atoms with Crippen molar-refractivity contribution in [2.45, 2.75) is 69.8 Å². The first kappa shape index (κ1) is 25.2. The Morgan fingerprint density at radius 3 is 2.45 bits per heavy atom. The van der Waals surface area contributed by atoms with Crippen molar-refractivity contribution in [3.63, 3.8) is 0 Å². The van der Waals surface area contributed by atoms with E-state index in [0.29, 0.717) is 37.8 Å². The first-order valence-corrected chi connectivity index (χ1v) is 13.4. The monoisotopic (exact) mass is 472 g/mol. The fraction of sp³-hybridized carbons (Fsp3) is 0.500. The molecule has 0 bridgehead atoms. The summed E-state index contributed by atoms with van der Waals surface area (Å²) >= 11 is 0. The molecule has 0 aromatic heterocycles. The van der Waals surface area contributed by atoms with Gasteiger partial charge in [0.25, 0.3) is 10.0 Å². The van der Waals surface area contributed by atoms with E-state index in [1.54, 1.807) is 36.4 Å². The molecule has 1 saturated carbocycles. The largest absolute Gasteiger partial charge is 0.378 e. The van der Waals surface area contributed by atoms with Crippen molar-refractivity contribution in [2.75, 3.05) is 24.0 Å². The molecule has 7 heteroatoms. The normalized spacial score (nSPS) is 14.7. The zero-order chi connectivity index (χ0) is 23.7. The topological polar surface area (TPSA) is 75.7 Å². The lowest BCUT2D eigenvalue weighted by molar-refractivity contribution is -0.119. The Bertz CT molecular complexity index is 999. The number of ether oxygens (including phenoxy) is 1. The summed E-state index contributed by atoms with van der Waals surface area (Å²) in [5.41, 5.74) is 2.39. The van der Waals surface area contributed by atoms with Gasteiger partial charge in [-0.1, -0.05) is 62.1 Å². The number of aryl methyl sites for hydroxylation is 2. The molecule has 0 spiro atoms. The van der Waals surface area contributed by atoms with E-state index in [1.165, 1.54) is 23.6 Å². The highest BCUT2D eigenvalue weighted by Crippen LogP contribution is 2.27. The van der Waals surface area contributed by atoms with Crippen LogP contribution in [-0.2, 0) is 26.0 Å². The minimum absolute atomic E-state index is 0.174. The van der Waals surface area contributed by atoms with Gasteiger partial charge in [0.2, 0.25) is 5.91 Å². The molecular formula is C26H36N2O4S. The SMILES string of the molecule is CCc1ccccc1N(CC(=O)NCCCOC1CCCCC1)S(=O)(=O)c1ccc(C)cc1. The number of nitrogens with one attached hydrogen (secondary N) is 1. The predicted molar refractivity (Wildman–Crippen MR) is 132 cm³/mol. The second kappa shape index (κ2) is 12.2. The van der Waals surface area contributed by atoms with E-state index in [9.17, 15) is 13.2 Å². The van der Waals surface area contributed by atoms with Gasteiger partial charge in [0.1, 0.15) is 6.54 Å². The molecule has 0 saturated heterocycles. The van der Waals surface area contributed by atoms with Crippen LogP contribution in [0.5, 0.6) is 0 Å². The van der Waals surface area contributed by atoms with Crippen LogP contribution >= 0.6 is 0 Å². The molecule has 1 amide bonds. The van der Waals surface area contributed by atoms with Gasteiger partial charge in [0, 0.05) is 13.2 Å². The number of para-hydroxylation sites is 1. The van der Waals surface area contributed by atoms with E-state index < -0.39 is 10.0 Å². The van der Waals surface area contributed by atoms with Crippen LogP contribution in [-0.4, -0.2) is 40.1 Å². The van der Waals surface area contributed by atoms with Gasteiger partial charge in [-0.25, -0.2) is 8.42 Å². The zero-order valence-electron chi connectivity index (χ0n) is 19.8. The average Bonchev–Trinajstić information content (AvgIpc) is 2.83. The van der Waals surface area contributed by atoms with E-state index in [-0.39, 0.29) is 17.3 Å². The lowest BCUT2D eigenvalue weighted by Crippen LogP contribution is -2.41. The maximum absolute atomic E-state index is 13.5. The Morgan fingerprint density at radius 2 is 1.76 bits per heavy atom. The predicted octanol–water partition coefficient (Wildman–Crippen LogP) is 4.61. The quantitative estimate of drug-likeness (QED) is 0.485. The van der Waals surface area contributed by atoms with Crippen molar-refractivity contribution < 1.29 is 17.9 Å². The number of rotatable bonds is 11. The molecule has 6 nitrogen and oxygen atoms in total. The minimum Gasteiger partial charge on any atom is -0.378 e. The molecule has 33 heavy (non-hydrogen) atoms. The van der Waals surface area contributed by atoms with Gasteiger partial charge in [-0.3, -0.25) is 9.10 Å². The Kier molecular flexibility index (Phi) is 9.32. The first-order chi connectivity index (χ1) is 15.9. The number of hydrogen-bond donors (Lipinski definition) is 1. The summed E-state index contributed by atoms with van der Waals surface area (Å²) in [7, 11) is -3.90. The highest BCUT2D eigenvalue weighted by molar-refractivity contribution is 7.92. The van der Waals surface area contributed by atoms with Gasteiger partial charge < -0.3 is 10.1 Å². The summed E-state index contributed by atoms with van der Waals surface area (Å²) in [6, 6.07) is 14.0. The van der Waals surface area contributed by atoms with Crippen LogP contribution < -0.4 is 9.62 Å². The first-order valence-electron chi connectivity index (χ1n) is 12.0. The Balaban J connectivity index is 1.66. The maximum atomic E-state index is 13.5. The van der Waals surface area contributed by atoms with E-state index >= 15 is 0 Å². The third-order valence-electron chi connectivity index (χ3n) is 6.09. The molecule has 1 N–H and O–H groups in total. The Hall–Kier alpha value is -2.38. The number of carbonyl (C=O) groups excluding carboxylic acids is 1. The summed E-state index contributed by atoms with van der Waals surface area (Å²) in [5, 5.41) is 2.87. The van der Waals surface area contributed by atoms with Crippen LogP contribution in [0.3, 0.4) is 0 Å². The van der Waals surface area contributed by atoms with Crippen LogP contribution in [0, 0.1) is 6.92 Å². The number of hydrogen-bond acceptors (Lipinski definition) is 4. The van der Waals surface area contributed by atoms with Crippen molar-refractivity contribution in [3.8, 4) is 0 Å². The summed E-state index contributed by atoms with van der Waals surface area (Å²) in [6.45, 7) is 4.68. The molecule has 0 atom stereocenters. The molecule has 1 aliphatic rings. The fourth-order valence-corrected chi connectivity index (χ4v) is 5.62. The second-order valence-electron chi connectivity index (χ2n) is 8.64. The number of benzene rings is 2. The Morgan fingerprint density at radius 1 is 1.06 bits per heavy atom. The van der Waals surface area contributed by atoms with Crippen molar-refractivity contribution in [1.29, 1.82) is 0 Å². The van der Waals surface area contributed by atoms with Crippen LogP contribution in [0.25, 0.3) is 0 Å². The molecule has 1 aliphatic carbocycles. The molecule has 2 aromatic rings. The molecule has 0 radical (unpaired) electrons. The maximum Gasteiger partial charge on any atom is 0.264 e. The number of anilines is 1. The molecule has 0 heterocycles. The van der Waals surface area contributed by atoms with Gasteiger partial charge in [0.15, 0.2) is 0 Å².